The minimum atomic E-state index is -0.398. The van der Waals surface area contributed by atoms with Crippen LogP contribution in [0, 0.1) is 33.3 Å². The van der Waals surface area contributed by atoms with E-state index in [-0.39, 0.29) is 11.2 Å². The molecule has 4 fully saturated rings. The van der Waals surface area contributed by atoms with Crippen LogP contribution in [-0.4, -0.2) is 15.4 Å². The lowest BCUT2D eigenvalue weighted by Crippen LogP contribution is -2.63. The Hall–Kier alpha value is -1.65. The predicted molar refractivity (Wildman–Crippen MR) is 84.6 cm³/mol. The highest BCUT2D eigenvalue weighted by atomic mass is 16.6. The van der Waals surface area contributed by atoms with Gasteiger partial charge in [-0.25, -0.2) is 4.98 Å². The molecule has 4 saturated carbocycles. The molecule has 4 aliphatic carbocycles. The van der Waals surface area contributed by atoms with Gasteiger partial charge in [0.15, 0.2) is 0 Å². The third-order valence-corrected chi connectivity index (χ3v) is 6.48. The number of nitro groups is 1. The highest BCUT2D eigenvalue weighted by Gasteiger charge is 2.59. The van der Waals surface area contributed by atoms with Crippen LogP contribution in [0.1, 0.15) is 46.0 Å². The topological polar surface area (TPSA) is 68.1 Å². The zero-order valence-corrected chi connectivity index (χ0v) is 13.2. The molecule has 0 saturated heterocycles. The van der Waals surface area contributed by atoms with Crippen LogP contribution in [0.2, 0.25) is 0 Å². The average Bonchev–Trinajstić information content (AvgIpc) is 2.43. The van der Waals surface area contributed by atoms with Crippen molar-refractivity contribution in [2.24, 2.45) is 23.2 Å². The molecule has 5 atom stereocenters. The van der Waals surface area contributed by atoms with E-state index in [1.165, 1.54) is 38.3 Å². The van der Waals surface area contributed by atoms with E-state index in [0.29, 0.717) is 11.3 Å². The SMILES string of the molecule is C[C@@H]1[C@@H]2C[C@@H]3C[C@@](C)(C2)C[C@@]1(Nc1ccc([N+](=O)[O-])cn1)C3. The molecule has 0 aromatic carbocycles. The van der Waals surface area contributed by atoms with Crippen LogP contribution in [-0.2, 0) is 0 Å². The summed E-state index contributed by atoms with van der Waals surface area (Å²) in [4.78, 5) is 14.6. The van der Waals surface area contributed by atoms with E-state index in [1.807, 2.05) is 0 Å². The van der Waals surface area contributed by atoms with Gasteiger partial charge in [-0.15, -0.1) is 0 Å². The van der Waals surface area contributed by atoms with Crippen molar-refractivity contribution in [1.29, 1.82) is 0 Å². The summed E-state index contributed by atoms with van der Waals surface area (Å²) in [6, 6.07) is 3.30. The smallest absolute Gasteiger partial charge is 0.287 e. The largest absolute Gasteiger partial charge is 0.364 e. The molecule has 22 heavy (non-hydrogen) atoms. The zero-order valence-electron chi connectivity index (χ0n) is 13.2. The Morgan fingerprint density at radius 3 is 2.82 bits per heavy atom. The Labute approximate surface area is 130 Å². The minimum Gasteiger partial charge on any atom is -0.364 e. The summed E-state index contributed by atoms with van der Waals surface area (Å²) < 4.78 is 0. The maximum absolute atomic E-state index is 10.8. The van der Waals surface area contributed by atoms with Gasteiger partial charge in [0, 0.05) is 11.6 Å². The van der Waals surface area contributed by atoms with Gasteiger partial charge in [0.25, 0.3) is 5.69 Å². The van der Waals surface area contributed by atoms with Crippen LogP contribution >= 0.6 is 0 Å². The van der Waals surface area contributed by atoms with E-state index in [2.05, 4.69) is 24.1 Å². The van der Waals surface area contributed by atoms with Gasteiger partial charge >= 0.3 is 0 Å². The van der Waals surface area contributed by atoms with Gasteiger partial charge in [0.05, 0.1) is 4.92 Å². The molecule has 0 aliphatic heterocycles. The molecule has 5 nitrogen and oxygen atoms in total. The molecule has 0 unspecified atom stereocenters. The number of nitrogens with one attached hydrogen (secondary N) is 1. The molecular formula is C17H23N3O2. The molecule has 0 amide bonds. The minimum absolute atomic E-state index is 0.0519. The molecule has 1 N–H and O–H groups in total. The van der Waals surface area contributed by atoms with Gasteiger partial charge in [0.2, 0.25) is 0 Å². The number of hydrogen-bond donors (Lipinski definition) is 1. The number of pyridine rings is 1. The lowest BCUT2D eigenvalue weighted by atomic mass is 9.44. The summed E-state index contributed by atoms with van der Waals surface area (Å²) in [5, 5.41) is 14.5. The lowest BCUT2D eigenvalue weighted by Gasteiger charge is -2.64. The zero-order chi connectivity index (χ0) is 15.5. The third kappa shape index (κ3) is 2.02. The summed E-state index contributed by atoms with van der Waals surface area (Å²) in [5.74, 6) is 3.08. The number of rotatable bonds is 3. The number of anilines is 1. The second-order valence-electron chi connectivity index (χ2n) is 8.19. The van der Waals surface area contributed by atoms with Crippen molar-refractivity contribution in [2.45, 2.75) is 51.5 Å². The molecule has 5 rings (SSSR count). The summed E-state index contributed by atoms with van der Waals surface area (Å²) in [5.41, 5.74) is 0.643. The fourth-order valence-electron chi connectivity index (χ4n) is 5.87. The lowest BCUT2D eigenvalue weighted by molar-refractivity contribution is -0.385. The van der Waals surface area contributed by atoms with Gasteiger partial charge in [0.1, 0.15) is 12.0 Å². The van der Waals surface area contributed by atoms with Crippen molar-refractivity contribution in [3.05, 3.63) is 28.4 Å². The summed E-state index contributed by atoms with van der Waals surface area (Å²) in [6.45, 7) is 4.82. The quantitative estimate of drug-likeness (QED) is 0.676. The first-order valence-corrected chi connectivity index (χ1v) is 8.28. The van der Waals surface area contributed by atoms with Crippen molar-refractivity contribution in [2.75, 3.05) is 5.32 Å². The molecule has 1 heterocycles. The first-order valence-electron chi connectivity index (χ1n) is 8.28. The molecule has 5 heteroatoms. The Morgan fingerprint density at radius 2 is 2.18 bits per heavy atom. The van der Waals surface area contributed by atoms with Crippen molar-refractivity contribution < 1.29 is 4.92 Å². The van der Waals surface area contributed by atoms with E-state index in [9.17, 15) is 10.1 Å². The average molecular weight is 301 g/mol. The van der Waals surface area contributed by atoms with Crippen LogP contribution in [0.5, 0.6) is 0 Å². The van der Waals surface area contributed by atoms with E-state index in [1.54, 1.807) is 12.1 Å². The second kappa shape index (κ2) is 4.43. The Balaban J connectivity index is 1.62. The molecule has 0 spiro atoms. The van der Waals surface area contributed by atoms with Crippen LogP contribution in [0.4, 0.5) is 11.5 Å². The monoisotopic (exact) mass is 301 g/mol. The van der Waals surface area contributed by atoms with Crippen molar-refractivity contribution in [3.63, 3.8) is 0 Å². The van der Waals surface area contributed by atoms with Crippen molar-refractivity contribution >= 4 is 11.5 Å². The van der Waals surface area contributed by atoms with Crippen LogP contribution in [0.15, 0.2) is 18.3 Å². The second-order valence-corrected chi connectivity index (χ2v) is 8.19. The number of nitrogens with zero attached hydrogens (tertiary/aromatic N) is 2. The molecule has 1 aromatic heterocycles. The predicted octanol–water partition coefficient (Wildman–Crippen LogP) is 4.01. The normalized spacial score (nSPS) is 42.4. The first kappa shape index (κ1) is 14.0. The van der Waals surface area contributed by atoms with Crippen molar-refractivity contribution in [3.8, 4) is 0 Å². The fraction of sp³-hybridized carbons (Fsp3) is 0.706. The van der Waals surface area contributed by atoms with E-state index in [4.69, 9.17) is 0 Å². The van der Waals surface area contributed by atoms with Crippen LogP contribution in [0.25, 0.3) is 0 Å². The maximum atomic E-state index is 10.8. The number of aromatic nitrogens is 1. The van der Waals surface area contributed by atoms with Crippen LogP contribution < -0.4 is 5.32 Å². The van der Waals surface area contributed by atoms with E-state index in [0.717, 1.165) is 17.7 Å². The Kier molecular flexibility index (Phi) is 2.81. The molecule has 4 aliphatic rings. The van der Waals surface area contributed by atoms with Gasteiger partial charge in [-0.2, -0.15) is 0 Å². The first-order chi connectivity index (χ1) is 10.4. The van der Waals surface area contributed by atoms with Crippen LogP contribution in [0.3, 0.4) is 0 Å². The van der Waals surface area contributed by atoms with E-state index >= 15 is 0 Å². The summed E-state index contributed by atoms with van der Waals surface area (Å²) in [7, 11) is 0. The van der Waals surface area contributed by atoms with Gasteiger partial charge in [-0.1, -0.05) is 13.8 Å². The highest BCUT2D eigenvalue weighted by Crippen LogP contribution is 2.64. The molecule has 4 bridgehead atoms. The molecule has 1 aromatic rings. The number of hydrogen-bond acceptors (Lipinski definition) is 4. The van der Waals surface area contributed by atoms with Crippen molar-refractivity contribution in [1.82, 2.24) is 4.98 Å². The molecular weight excluding hydrogens is 278 g/mol. The highest BCUT2D eigenvalue weighted by molar-refractivity contribution is 5.43. The Bertz CT molecular complexity index is 617. The van der Waals surface area contributed by atoms with Gasteiger partial charge < -0.3 is 5.32 Å². The molecule has 0 radical (unpaired) electrons. The maximum Gasteiger partial charge on any atom is 0.287 e. The standard InChI is InChI=1S/C17H23N3O2/c1-11-13-5-12-6-16(2,8-13)10-17(11,7-12)19-15-4-3-14(9-18-15)20(21)22/h3-4,9,11-13H,5-8,10H2,1-2H3,(H,18,19)/t11-,12-,13-,16+,17+/m1/s1. The molecule has 118 valence electrons. The van der Waals surface area contributed by atoms with E-state index < -0.39 is 4.92 Å². The third-order valence-electron chi connectivity index (χ3n) is 6.48. The Morgan fingerprint density at radius 1 is 1.36 bits per heavy atom. The van der Waals surface area contributed by atoms with Gasteiger partial charge in [-0.05, 0) is 61.3 Å². The summed E-state index contributed by atoms with van der Waals surface area (Å²) in [6.07, 6.45) is 7.89. The fourth-order valence-corrected chi connectivity index (χ4v) is 5.87. The summed E-state index contributed by atoms with van der Waals surface area (Å²) >= 11 is 0. The van der Waals surface area contributed by atoms with Gasteiger partial charge in [-0.3, -0.25) is 10.1 Å².